The number of hydrogen-bond acceptors (Lipinski definition) is 3. The van der Waals surface area contributed by atoms with Gasteiger partial charge in [0, 0.05) is 17.5 Å². The van der Waals surface area contributed by atoms with Crippen LogP contribution < -0.4 is 0 Å². The third-order valence-electron chi connectivity index (χ3n) is 4.06. The summed E-state index contributed by atoms with van der Waals surface area (Å²) in [6.45, 7) is 4.23. The molecule has 1 atom stereocenters. The molecule has 0 bridgehead atoms. The second kappa shape index (κ2) is 7.07. The Bertz CT molecular complexity index is 500. The molecule has 1 heterocycles. The lowest BCUT2D eigenvalue weighted by atomic mass is 10.1. The van der Waals surface area contributed by atoms with E-state index in [0.717, 1.165) is 17.7 Å². The molecule has 1 aromatic rings. The Morgan fingerprint density at radius 3 is 2.71 bits per heavy atom. The van der Waals surface area contributed by atoms with Crippen LogP contribution >= 0.6 is 11.3 Å². The van der Waals surface area contributed by atoms with Crippen LogP contribution in [0.2, 0.25) is 0 Å². The average Bonchev–Trinajstić information content (AvgIpc) is 2.70. The molecule has 21 heavy (non-hydrogen) atoms. The van der Waals surface area contributed by atoms with Crippen molar-refractivity contribution < 1.29 is 14.7 Å². The number of carbonyl (C=O) groups is 2. The number of aliphatic carboxylic acids is 1. The molecule has 1 aliphatic carbocycles. The Morgan fingerprint density at radius 2 is 2.05 bits per heavy atom. The molecule has 1 aromatic heterocycles. The first-order chi connectivity index (χ1) is 10.0. The van der Waals surface area contributed by atoms with Crippen molar-refractivity contribution in [3.05, 3.63) is 21.4 Å². The molecule has 0 aromatic carbocycles. The maximum absolute atomic E-state index is 12.6. The SMILES string of the molecule is CCN(C(=O)c1cc2c(s1)CCCCC2)C(C)CC(=O)O. The van der Waals surface area contributed by atoms with Crippen molar-refractivity contribution in [1.82, 2.24) is 4.90 Å². The summed E-state index contributed by atoms with van der Waals surface area (Å²) in [5, 5.41) is 8.91. The molecule has 0 spiro atoms. The second-order valence-corrected chi connectivity index (χ2v) is 6.79. The van der Waals surface area contributed by atoms with Crippen LogP contribution in [-0.4, -0.2) is 34.5 Å². The van der Waals surface area contributed by atoms with Crippen molar-refractivity contribution in [1.29, 1.82) is 0 Å². The largest absolute Gasteiger partial charge is 0.481 e. The smallest absolute Gasteiger partial charge is 0.305 e. The van der Waals surface area contributed by atoms with Crippen molar-refractivity contribution in [3.8, 4) is 0 Å². The zero-order valence-corrected chi connectivity index (χ0v) is 13.5. The van der Waals surface area contributed by atoms with E-state index in [1.165, 1.54) is 29.7 Å². The summed E-state index contributed by atoms with van der Waals surface area (Å²) in [6, 6.07) is 1.76. The van der Waals surface area contributed by atoms with Gasteiger partial charge in [-0.25, -0.2) is 0 Å². The molecule has 1 aliphatic rings. The molecule has 4 nitrogen and oxygen atoms in total. The number of amides is 1. The molecule has 0 saturated carbocycles. The van der Waals surface area contributed by atoms with Crippen molar-refractivity contribution in [2.75, 3.05) is 6.54 Å². The average molecular weight is 309 g/mol. The third-order valence-corrected chi connectivity index (χ3v) is 5.29. The van der Waals surface area contributed by atoms with Gasteiger partial charge in [-0.3, -0.25) is 9.59 Å². The number of fused-ring (bicyclic) bond motifs is 1. The van der Waals surface area contributed by atoms with Gasteiger partial charge in [-0.05, 0) is 51.2 Å². The Morgan fingerprint density at radius 1 is 1.33 bits per heavy atom. The van der Waals surface area contributed by atoms with E-state index in [4.69, 9.17) is 5.11 Å². The fourth-order valence-electron chi connectivity index (χ4n) is 2.93. The van der Waals surface area contributed by atoms with Crippen LogP contribution in [0.3, 0.4) is 0 Å². The minimum absolute atomic E-state index is 0.00926. The van der Waals surface area contributed by atoms with Crippen molar-refractivity contribution >= 4 is 23.2 Å². The number of nitrogens with zero attached hydrogens (tertiary/aromatic N) is 1. The van der Waals surface area contributed by atoms with Gasteiger partial charge >= 0.3 is 5.97 Å². The predicted molar refractivity (Wildman–Crippen MR) is 84.0 cm³/mol. The topological polar surface area (TPSA) is 57.6 Å². The van der Waals surface area contributed by atoms with Gasteiger partial charge in [0.15, 0.2) is 0 Å². The normalized spacial score (nSPS) is 15.9. The fraction of sp³-hybridized carbons (Fsp3) is 0.625. The minimum atomic E-state index is -0.865. The second-order valence-electron chi connectivity index (χ2n) is 5.66. The molecule has 5 heteroatoms. The van der Waals surface area contributed by atoms with E-state index in [2.05, 4.69) is 0 Å². The standard InChI is InChI=1S/C16H23NO3S/c1-3-17(11(2)9-15(18)19)16(20)14-10-12-7-5-4-6-8-13(12)21-14/h10-11H,3-9H2,1-2H3,(H,18,19). The van der Waals surface area contributed by atoms with Gasteiger partial charge in [0.2, 0.25) is 0 Å². The highest BCUT2D eigenvalue weighted by atomic mass is 32.1. The highest BCUT2D eigenvalue weighted by Crippen LogP contribution is 2.30. The number of hydrogen-bond donors (Lipinski definition) is 1. The van der Waals surface area contributed by atoms with Crippen molar-refractivity contribution in [3.63, 3.8) is 0 Å². The van der Waals surface area contributed by atoms with E-state index in [-0.39, 0.29) is 18.4 Å². The number of carboxylic acid groups (broad SMARTS) is 1. The fourth-order valence-corrected chi connectivity index (χ4v) is 4.14. The van der Waals surface area contributed by atoms with Gasteiger partial charge < -0.3 is 10.0 Å². The number of thiophene rings is 1. The van der Waals surface area contributed by atoms with Gasteiger partial charge in [-0.1, -0.05) is 6.42 Å². The first-order valence-electron chi connectivity index (χ1n) is 7.67. The van der Waals surface area contributed by atoms with E-state index >= 15 is 0 Å². The first kappa shape index (κ1) is 16.0. The molecular weight excluding hydrogens is 286 g/mol. The zero-order valence-electron chi connectivity index (χ0n) is 12.7. The molecule has 0 saturated heterocycles. The molecule has 1 amide bonds. The minimum Gasteiger partial charge on any atom is -0.481 e. The molecule has 0 aliphatic heterocycles. The van der Waals surface area contributed by atoms with Gasteiger partial charge in [0.25, 0.3) is 5.91 Å². The number of carbonyl (C=O) groups excluding carboxylic acids is 1. The maximum Gasteiger partial charge on any atom is 0.305 e. The summed E-state index contributed by atoms with van der Waals surface area (Å²) in [7, 11) is 0. The van der Waals surface area contributed by atoms with E-state index in [9.17, 15) is 9.59 Å². The zero-order chi connectivity index (χ0) is 15.4. The lowest BCUT2D eigenvalue weighted by Crippen LogP contribution is -2.39. The molecular formula is C16H23NO3S. The Labute approximate surface area is 129 Å². The highest BCUT2D eigenvalue weighted by molar-refractivity contribution is 7.14. The van der Waals surface area contributed by atoms with Crippen LogP contribution in [0, 0.1) is 0 Å². The maximum atomic E-state index is 12.6. The third kappa shape index (κ3) is 3.84. The summed E-state index contributed by atoms with van der Waals surface area (Å²) in [5.41, 5.74) is 1.32. The van der Waals surface area contributed by atoms with Crippen LogP contribution in [0.1, 0.15) is 59.6 Å². The Hall–Kier alpha value is -1.36. The summed E-state index contributed by atoms with van der Waals surface area (Å²) in [4.78, 5) is 27.3. The summed E-state index contributed by atoms with van der Waals surface area (Å²) < 4.78 is 0. The Balaban J connectivity index is 2.16. The lowest BCUT2D eigenvalue weighted by molar-refractivity contribution is -0.138. The van der Waals surface area contributed by atoms with Crippen LogP contribution in [0.25, 0.3) is 0 Å². The van der Waals surface area contributed by atoms with E-state index in [1.807, 2.05) is 13.0 Å². The van der Waals surface area contributed by atoms with Gasteiger partial charge in [-0.15, -0.1) is 11.3 Å². The summed E-state index contributed by atoms with van der Waals surface area (Å²) in [6.07, 6.45) is 5.80. The van der Waals surface area contributed by atoms with Crippen LogP contribution in [0.4, 0.5) is 0 Å². The molecule has 1 N–H and O–H groups in total. The van der Waals surface area contributed by atoms with Crippen molar-refractivity contribution in [2.45, 2.75) is 58.4 Å². The number of aryl methyl sites for hydroxylation is 2. The molecule has 0 fully saturated rings. The summed E-state index contributed by atoms with van der Waals surface area (Å²) in [5.74, 6) is -0.889. The highest BCUT2D eigenvalue weighted by Gasteiger charge is 2.24. The summed E-state index contributed by atoms with van der Waals surface area (Å²) >= 11 is 1.60. The van der Waals surface area contributed by atoms with E-state index in [1.54, 1.807) is 23.2 Å². The van der Waals surface area contributed by atoms with Gasteiger partial charge in [0.05, 0.1) is 11.3 Å². The molecule has 0 radical (unpaired) electrons. The van der Waals surface area contributed by atoms with Gasteiger partial charge in [0.1, 0.15) is 0 Å². The van der Waals surface area contributed by atoms with Crippen LogP contribution in [0.15, 0.2) is 6.07 Å². The van der Waals surface area contributed by atoms with Crippen molar-refractivity contribution in [2.24, 2.45) is 0 Å². The predicted octanol–water partition coefficient (Wildman–Crippen LogP) is 3.34. The number of rotatable bonds is 5. The number of carboxylic acids is 1. The van der Waals surface area contributed by atoms with E-state index < -0.39 is 5.97 Å². The molecule has 2 rings (SSSR count). The lowest BCUT2D eigenvalue weighted by Gasteiger charge is -2.26. The first-order valence-corrected chi connectivity index (χ1v) is 8.49. The molecule has 1 unspecified atom stereocenters. The van der Waals surface area contributed by atoms with Gasteiger partial charge in [-0.2, -0.15) is 0 Å². The quantitative estimate of drug-likeness (QED) is 0.849. The van der Waals surface area contributed by atoms with E-state index in [0.29, 0.717) is 6.54 Å². The van der Waals surface area contributed by atoms with Crippen LogP contribution in [0.5, 0.6) is 0 Å². The monoisotopic (exact) mass is 309 g/mol. The van der Waals surface area contributed by atoms with Crippen LogP contribution in [-0.2, 0) is 17.6 Å². The molecule has 116 valence electrons. The Kier molecular flexibility index (Phi) is 5.39.